The van der Waals surface area contributed by atoms with Crippen LogP contribution in [-0.4, -0.2) is 28.9 Å². The lowest BCUT2D eigenvalue weighted by molar-refractivity contribution is 0.0451. The average molecular weight is 215 g/mol. The van der Waals surface area contributed by atoms with Gasteiger partial charge in [-0.15, -0.1) is 0 Å². The molecule has 1 aliphatic carbocycles. The quantitative estimate of drug-likeness (QED) is 0.701. The number of carbonyl (C=O) groups is 1. The summed E-state index contributed by atoms with van der Waals surface area (Å²) in [4.78, 5) is 11.4. The predicted octanol–water partition coefficient (Wildman–Crippen LogP) is 1.81. The Morgan fingerprint density at radius 2 is 2.07 bits per heavy atom. The van der Waals surface area contributed by atoms with Crippen molar-refractivity contribution in [2.24, 2.45) is 0 Å². The summed E-state index contributed by atoms with van der Waals surface area (Å²) in [5, 5.41) is 12.2. The summed E-state index contributed by atoms with van der Waals surface area (Å²) in [6.45, 7) is 5.51. The Morgan fingerprint density at radius 3 is 2.60 bits per heavy atom. The molecule has 0 heterocycles. The normalized spacial score (nSPS) is 27.2. The Labute approximate surface area is 91.0 Å². The zero-order chi connectivity index (χ0) is 11.5. The molecule has 15 heavy (non-hydrogen) atoms. The largest absolute Gasteiger partial charge is 0.444 e. The molecule has 1 amide bonds. The summed E-state index contributed by atoms with van der Waals surface area (Å²) in [6.07, 6.45) is 2.70. The van der Waals surface area contributed by atoms with E-state index < -0.39 is 5.60 Å². The topological polar surface area (TPSA) is 58.6 Å². The van der Waals surface area contributed by atoms with Crippen LogP contribution in [0.15, 0.2) is 0 Å². The van der Waals surface area contributed by atoms with Crippen molar-refractivity contribution in [3.05, 3.63) is 0 Å². The number of alkyl carbamates (subject to hydrolysis) is 1. The number of hydrogen-bond acceptors (Lipinski definition) is 3. The number of hydrogen-bond donors (Lipinski definition) is 2. The average Bonchev–Trinajstić information content (AvgIpc) is 1.99. The number of aliphatic hydroxyl groups is 1. The van der Waals surface area contributed by atoms with E-state index in [9.17, 15) is 9.90 Å². The molecule has 0 aliphatic heterocycles. The minimum atomic E-state index is -0.461. The SMILES string of the molecule is CC(C)(C)OC(=O)NC1CCC[C@H](O)C1. The molecule has 4 nitrogen and oxygen atoms in total. The number of nitrogens with one attached hydrogen (secondary N) is 1. The number of amides is 1. The molecule has 4 heteroatoms. The van der Waals surface area contributed by atoms with E-state index in [0.717, 1.165) is 19.3 Å². The van der Waals surface area contributed by atoms with Crippen molar-refractivity contribution in [1.82, 2.24) is 5.32 Å². The molecule has 0 spiro atoms. The van der Waals surface area contributed by atoms with Gasteiger partial charge in [0.05, 0.1) is 6.10 Å². The predicted molar refractivity (Wildman–Crippen MR) is 57.6 cm³/mol. The van der Waals surface area contributed by atoms with E-state index in [1.54, 1.807) is 0 Å². The van der Waals surface area contributed by atoms with Crippen LogP contribution in [0.3, 0.4) is 0 Å². The van der Waals surface area contributed by atoms with Crippen molar-refractivity contribution in [1.29, 1.82) is 0 Å². The summed E-state index contributed by atoms with van der Waals surface area (Å²) >= 11 is 0. The molecule has 0 saturated heterocycles. The van der Waals surface area contributed by atoms with Crippen LogP contribution in [0.5, 0.6) is 0 Å². The maximum absolute atomic E-state index is 11.4. The third-order valence-electron chi connectivity index (χ3n) is 2.37. The van der Waals surface area contributed by atoms with Gasteiger partial charge in [-0.25, -0.2) is 4.79 Å². The molecule has 2 atom stereocenters. The monoisotopic (exact) mass is 215 g/mol. The molecule has 0 aromatic heterocycles. The Hall–Kier alpha value is -0.770. The van der Waals surface area contributed by atoms with Gasteiger partial charge in [-0.1, -0.05) is 0 Å². The zero-order valence-electron chi connectivity index (χ0n) is 9.75. The summed E-state index contributed by atoms with van der Waals surface area (Å²) < 4.78 is 5.14. The Bertz CT molecular complexity index is 222. The van der Waals surface area contributed by atoms with Crippen molar-refractivity contribution < 1.29 is 14.6 Å². The lowest BCUT2D eigenvalue weighted by atomic mass is 9.93. The Morgan fingerprint density at radius 1 is 1.40 bits per heavy atom. The highest BCUT2D eigenvalue weighted by atomic mass is 16.6. The second-order valence-corrected chi connectivity index (χ2v) is 5.16. The highest BCUT2D eigenvalue weighted by Crippen LogP contribution is 2.18. The van der Waals surface area contributed by atoms with Crippen molar-refractivity contribution in [2.75, 3.05) is 0 Å². The van der Waals surface area contributed by atoms with Gasteiger partial charge in [0.15, 0.2) is 0 Å². The van der Waals surface area contributed by atoms with Gasteiger partial charge >= 0.3 is 6.09 Å². The number of ether oxygens (including phenoxy) is 1. The minimum absolute atomic E-state index is 0.0589. The highest BCUT2D eigenvalue weighted by molar-refractivity contribution is 5.68. The van der Waals surface area contributed by atoms with E-state index in [1.807, 2.05) is 20.8 Å². The molecule has 1 fully saturated rings. The molecule has 0 aromatic rings. The van der Waals surface area contributed by atoms with E-state index in [2.05, 4.69) is 5.32 Å². The second kappa shape index (κ2) is 4.84. The van der Waals surface area contributed by atoms with Crippen LogP contribution in [0, 0.1) is 0 Å². The molecular formula is C11H21NO3. The van der Waals surface area contributed by atoms with E-state index in [1.165, 1.54) is 0 Å². The number of rotatable bonds is 1. The van der Waals surface area contributed by atoms with Crippen LogP contribution >= 0.6 is 0 Å². The smallest absolute Gasteiger partial charge is 0.407 e. The van der Waals surface area contributed by atoms with Crippen molar-refractivity contribution in [2.45, 2.75) is 64.2 Å². The molecule has 1 saturated carbocycles. The van der Waals surface area contributed by atoms with Crippen LogP contribution in [0.1, 0.15) is 46.5 Å². The van der Waals surface area contributed by atoms with E-state index in [-0.39, 0.29) is 18.2 Å². The van der Waals surface area contributed by atoms with Gasteiger partial charge < -0.3 is 15.2 Å². The van der Waals surface area contributed by atoms with Gasteiger partial charge in [0, 0.05) is 6.04 Å². The van der Waals surface area contributed by atoms with Crippen LogP contribution in [0.25, 0.3) is 0 Å². The van der Waals surface area contributed by atoms with Crippen molar-refractivity contribution in [3.63, 3.8) is 0 Å². The van der Waals surface area contributed by atoms with Crippen molar-refractivity contribution in [3.8, 4) is 0 Å². The third kappa shape index (κ3) is 5.02. The van der Waals surface area contributed by atoms with Crippen LogP contribution in [0.2, 0.25) is 0 Å². The minimum Gasteiger partial charge on any atom is -0.444 e. The molecule has 0 radical (unpaired) electrons. The Balaban J connectivity index is 2.31. The van der Waals surface area contributed by atoms with Gasteiger partial charge in [0.25, 0.3) is 0 Å². The second-order valence-electron chi connectivity index (χ2n) is 5.16. The zero-order valence-corrected chi connectivity index (χ0v) is 9.75. The van der Waals surface area contributed by atoms with Crippen LogP contribution < -0.4 is 5.32 Å². The molecule has 2 N–H and O–H groups in total. The maximum atomic E-state index is 11.4. The fourth-order valence-electron chi connectivity index (χ4n) is 1.77. The Kier molecular flexibility index (Phi) is 3.97. The third-order valence-corrected chi connectivity index (χ3v) is 2.37. The van der Waals surface area contributed by atoms with Gasteiger partial charge in [-0.05, 0) is 46.5 Å². The van der Waals surface area contributed by atoms with Gasteiger partial charge in [0.2, 0.25) is 0 Å². The molecular weight excluding hydrogens is 194 g/mol. The van der Waals surface area contributed by atoms with E-state index in [0.29, 0.717) is 6.42 Å². The lowest BCUT2D eigenvalue weighted by Gasteiger charge is -2.28. The molecule has 88 valence electrons. The summed E-state index contributed by atoms with van der Waals surface area (Å²) in [5.74, 6) is 0. The summed E-state index contributed by atoms with van der Waals surface area (Å²) in [6, 6.07) is 0.0589. The van der Waals surface area contributed by atoms with Crippen LogP contribution in [-0.2, 0) is 4.74 Å². The van der Waals surface area contributed by atoms with E-state index in [4.69, 9.17) is 4.74 Å². The molecule has 0 bridgehead atoms. The molecule has 0 aromatic carbocycles. The van der Waals surface area contributed by atoms with Gasteiger partial charge in [-0.2, -0.15) is 0 Å². The number of aliphatic hydroxyl groups excluding tert-OH is 1. The molecule has 1 unspecified atom stereocenters. The molecule has 1 aliphatic rings. The maximum Gasteiger partial charge on any atom is 0.407 e. The van der Waals surface area contributed by atoms with Gasteiger partial charge in [0.1, 0.15) is 5.60 Å². The standard InChI is InChI=1S/C11H21NO3/c1-11(2,3)15-10(14)12-8-5-4-6-9(13)7-8/h8-9,13H,4-7H2,1-3H3,(H,12,14)/t8?,9-/m0/s1. The van der Waals surface area contributed by atoms with Gasteiger partial charge in [-0.3, -0.25) is 0 Å². The fourth-order valence-corrected chi connectivity index (χ4v) is 1.77. The van der Waals surface area contributed by atoms with Crippen LogP contribution in [0.4, 0.5) is 4.79 Å². The summed E-state index contributed by atoms with van der Waals surface area (Å²) in [7, 11) is 0. The summed E-state index contributed by atoms with van der Waals surface area (Å²) in [5.41, 5.74) is -0.461. The highest BCUT2D eigenvalue weighted by Gasteiger charge is 2.24. The first-order valence-corrected chi connectivity index (χ1v) is 5.54. The first kappa shape index (κ1) is 12.3. The molecule has 1 rings (SSSR count). The van der Waals surface area contributed by atoms with Crippen molar-refractivity contribution >= 4 is 6.09 Å². The number of carbonyl (C=O) groups excluding carboxylic acids is 1. The fraction of sp³-hybridized carbons (Fsp3) is 0.909. The van der Waals surface area contributed by atoms with E-state index >= 15 is 0 Å². The first-order valence-electron chi connectivity index (χ1n) is 5.54. The lowest BCUT2D eigenvalue weighted by Crippen LogP contribution is -2.42. The first-order chi connectivity index (χ1) is 6.87.